The highest BCUT2D eigenvalue weighted by Crippen LogP contribution is 2.38. The first-order valence-corrected chi connectivity index (χ1v) is 9.35. The first kappa shape index (κ1) is 17.8. The minimum absolute atomic E-state index is 0.116. The zero-order chi connectivity index (χ0) is 18.0. The molecular formula is C19H19ClN2O2S. The van der Waals surface area contributed by atoms with E-state index in [0.29, 0.717) is 16.6 Å². The molecule has 2 aromatic rings. The lowest BCUT2D eigenvalue weighted by Gasteiger charge is -2.23. The van der Waals surface area contributed by atoms with Crippen LogP contribution in [0.5, 0.6) is 0 Å². The largest absolute Gasteiger partial charge is 0.326 e. The van der Waals surface area contributed by atoms with Crippen LogP contribution in [0.3, 0.4) is 0 Å². The monoisotopic (exact) mass is 374 g/mol. The van der Waals surface area contributed by atoms with Crippen molar-refractivity contribution in [3.8, 4) is 0 Å². The number of nitrogens with one attached hydrogen (secondary N) is 2. The van der Waals surface area contributed by atoms with Crippen molar-refractivity contribution in [2.75, 3.05) is 10.6 Å². The number of hydrogen-bond acceptors (Lipinski definition) is 3. The van der Waals surface area contributed by atoms with E-state index < -0.39 is 5.25 Å². The van der Waals surface area contributed by atoms with Gasteiger partial charge in [-0.15, -0.1) is 11.8 Å². The fourth-order valence-electron chi connectivity index (χ4n) is 2.59. The van der Waals surface area contributed by atoms with Crippen LogP contribution >= 0.6 is 23.4 Å². The molecule has 0 saturated heterocycles. The van der Waals surface area contributed by atoms with Crippen molar-refractivity contribution in [3.05, 3.63) is 53.1 Å². The maximum Gasteiger partial charge on any atom is 0.238 e. The molecule has 2 aromatic carbocycles. The summed E-state index contributed by atoms with van der Waals surface area (Å²) in [4.78, 5) is 25.4. The average molecular weight is 375 g/mol. The molecule has 0 bridgehead atoms. The van der Waals surface area contributed by atoms with E-state index in [1.165, 1.54) is 17.3 Å². The summed E-state index contributed by atoms with van der Waals surface area (Å²) in [5.74, 6) is 0.0908. The van der Waals surface area contributed by atoms with E-state index in [-0.39, 0.29) is 18.2 Å². The molecule has 1 aliphatic heterocycles. The fraction of sp³-hybridized carbons (Fsp3) is 0.263. The van der Waals surface area contributed by atoms with Gasteiger partial charge in [-0.05, 0) is 41.8 Å². The van der Waals surface area contributed by atoms with Gasteiger partial charge in [0.1, 0.15) is 0 Å². The zero-order valence-corrected chi connectivity index (χ0v) is 15.6. The van der Waals surface area contributed by atoms with Crippen molar-refractivity contribution in [2.24, 2.45) is 0 Å². The van der Waals surface area contributed by atoms with Gasteiger partial charge in [0.05, 0.1) is 10.9 Å². The molecule has 0 spiro atoms. The van der Waals surface area contributed by atoms with Crippen LogP contribution in [0.15, 0.2) is 47.4 Å². The molecule has 2 N–H and O–H groups in total. The highest BCUT2D eigenvalue weighted by atomic mass is 35.5. The Morgan fingerprint density at radius 2 is 1.96 bits per heavy atom. The van der Waals surface area contributed by atoms with Gasteiger partial charge in [-0.25, -0.2) is 0 Å². The quantitative estimate of drug-likeness (QED) is 0.799. The van der Waals surface area contributed by atoms with Crippen LogP contribution in [0, 0.1) is 0 Å². The molecule has 0 fully saturated rings. The number of halogens is 1. The van der Waals surface area contributed by atoms with Crippen LogP contribution in [-0.2, 0) is 9.59 Å². The molecule has 0 aliphatic carbocycles. The van der Waals surface area contributed by atoms with Gasteiger partial charge in [0, 0.05) is 22.0 Å². The Labute approximate surface area is 156 Å². The topological polar surface area (TPSA) is 58.2 Å². The summed E-state index contributed by atoms with van der Waals surface area (Å²) in [7, 11) is 0. The van der Waals surface area contributed by atoms with Gasteiger partial charge >= 0.3 is 0 Å². The summed E-state index contributed by atoms with van der Waals surface area (Å²) >= 11 is 7.33. The second-order valence-electron chi connectivity index (χ2n) is 6.27. The van der Waals surface area contributed by atoms with Crippen molar-refractivity contribution in [2.45, 2.75) is 36.3 Å². The molecule has 1 unspecified atom stereocenters. The van der Waals surface area contributed by atoms with Crippen molar-refractivity contribution in [1.29, 1.82) is 0 Å². The molecule has 1 heterocycles. The van der Waals surface area contributed by atoms with Crippen LogP contribution < -0.4 is 10.6 Å². The van der Waals surface area contributed by atoms with Crippen LogP contribution in [0.25, 0.3) is 0 Å². The molecule has 0 saturated carbocycles. The predicted octanol–water partition coefficient (Wildman–Crippen LogP) is 4.91. The molecule has 3 rings (SSSR count). The Kier molecular flexibility index (Phi) is 5.35. The highest BCUT2D eigenvalue weighted by Gasteiger charge is 2.29. The maximum atomic E-state index is 12.3. The second-order valence-corrected chi connectivity index (χ2v) is 7.95. The van der Waals surface area contributed by atoms with Crippen LogP contribution in [0.2, 0.25) is 5.02 Å². The predicted molar refractivity (Wildman–Crippen MR) is 104 cm³/mol. The summed E-state index contributed by atoms with van der Waals surface area (Å²) < 4.78 is 0. The Balaban J connectivity index is 1.63. The average Bonchev–Trinajstić information content (AvgIpc) is 2.56. The Hall–Kier alpha value is -1.98. The van der Waals surface area contributed by atoms with E-state index in [1.807, 2.05) is 30.3 Å². The minimum Gasteiger partial charge on any atom is -0.326 e. The minimum atomic E-state index is -0.455. The number of fused-ring (bicyclic) bond motifs is 1. The van der Waals surface area contributed by atoms with Gasteiger partial charge in [0.25, 0.3) is 0 Å². The fourth-order valence-corrected chi connectivity index (χ4v) is 3.85. The third kappa shape index (κ3) is 4.35. The van der Waals surface area contributed by atoms with E-state index >= 15 is 0 Å². The van der Waals surface area contributed by atoms with E-state index in [9.17, 15) is 9.59 Å². The van der Waals surface area contributed by atoms with Gasteiger partial charge in [-0.3, -0.25) is 9.59 Å². The van der Waals surface area contributed by atoms with Crippen molar-refractivity contribution in [1.82, 2.24) is 0 Å². The molecule has 130 valence electrons. The summed E-state index contributed by atoms with van der Waals surface area (Å²) in [6.45, 7) is 4.25. The molecule has 0 radical (unpaired) electrons. The normalized spacial score (nSPS) is 16.3. The van der Waals surface area contributed by atoms with Gasteiger partial charge in [0.2, 0.25) is 11.8 Å². The van der Waals surface area contributed by atoms with Gasteiger partial charge < -0.3 is 10.6 Å². The molecule has 4 nitrogen and oxygen atoms in total. The number of carbonyl (C=O) groups is 2. The molecule has 1 aliphatic rings. The number of hydrogen-bond donors (Lipinski definition) is 2. The van der Waals surface area contributed by atoms with E-state index in [1.54, 1.807) is 12.1 Å². The molecule has 0 aromatic heterocycles. The first-order chi connectivity index (χ1) is 11.9. The third-order valence-electron chi connectivity index (χ3n) is 3.99. The lowest BCUT2D eigenvalue weighted by Crippen LogP contribution is -2.32. The summed E-state index contributed by atoms with van der Waals surface area (Å²) in [5.41, 5.74) is 2.65. The van der Waals surface area contributed by atoms with E-state index in [2.05, 4.69) is 24.5 Å². The number of thioether (sulfide) groups is 1. The lowest BCUT2D eigenvalue weighted by molar-refractivity contribution is -0.120. The van der Waals surface area contributed by atoms with Crippen LogP contribution in [0.1, 0.15) is 31.7 Å². The number of amides is 2. The number of anilines is 2. The molecular weight excluding hydrogens is 356 g/mol. The first-order valence-electron chi connectivity index (χ1n) is 8.09. The van der Waals surface area contributed by atoms with Gasteiger partial charge in [0.15, 0.2) is 0 Å². The van der Waals surface area contributed by atoms with Crippen molar-refractivity contribution < 1.29 is 9.59 Å². The summed E-state index contributed by atoms with van der Waals surface area (Å²) in [6, 6.07) is 13.1. The summed E-state index contributed by atoms with van der Waals surface area (Å²) in [6.07, 6.45) is 0.116. The Bertz CT molecular complexity index is 806. The van der Waals surface area contributed by atoms with Crippen LogP contribution in [-0.4, -0.2) is 17.1 Å². The lowest BCUT2D eigenvalue weighted by atomic mass is 10.0. The Morgan fingerprint density at radius 1 is 1.24 bits per heavy atom. The maximum absolute atomic E-state index is 12.3. The van der Waals surface area contributed by atoms with E-state index in [0.717, 1.165) is 10.6 Å². The molecule has 1 atom stereocenters. The molecule has 6 heteroatoms. The standard InChI is InChI=1S/C19H19ClN2O2S/c1-11(2)12-3-6-14(7-4-12)21-18(23)10-17-19(24)22-15-9-13(20)5-8-16(15)25-17/h3-9,11,17H,10H2,1-2H3,(H,21,23)(H,22,24). The molecule has 2 amide bonds. The number of carbonyl (C=O) groups excluding carboxylic acids is 2. The number of benzene rings is 2. The smallest absolute Gasteiger partial charge is 0.238 e. The zero-order valence-electron chi connectivity index (χ0n) is 14.0. The highest BCUT2D eigenvalue weighted by molar-refractivity contribution is 8.01. The number of rotatable bonds is 4. The SMILES string of the molecule is CC(C)c1ccc(NC(=O)CC2Sc3ccc(Cl)cc3NC2=O)cc1. The Morgan fingerprint density at radius 3 is 2.64 bits per heavy atom. The van der Waals surface area contributed by atoms with Crippen LogP contribution in [0.4, 0.5) is 11.4 Å². The van der Waals surface area contributed by atoms with Gasteiger partial charge in [-0.2, -0.15) is 0 Å². The van der Waals surface area contributed by atoms with Crippen molar-refractivity contribution >= 4 is 46.6 Å². The molecule has 25 heavy (non-hydrogen) atoms. The van der Waals surface area contributed by atoms with Crippen molar-refractivity contribution in [3.63, 3.8) is 0 Å². The summed E-state index contributed by atoms with van der Waals surface area (Å²) in [5, 5.41) is 5.79. The third-order valence-corrected chi connectivity index (χ3v) is 5.50. The second kappa shape index (κ2) is 7.50. The van der Waals surface area contributed by atoms with Gasteiger partial charge in [-0.1, -0.05) is 37.6 Å². The van der Waals surface area contributed by atoms with E-state index in [4.69, 9.17) is 11.6 Å².